The third-order valence-corrected chi connectivity index (χ3v) is 5.27. The molecule has 2 aromatic rings. The van der Waals surface area contributed by atoms with E-state index in [2.05, 4.69) is 20.2 Å². The molecule has 1 N–H and O–H groups in total. The molecule has 1 saturated carbocycles. The molecule has 1 aromatic heterocycles. The van der Waals surface area contributed by atoms with Crippen molar-refractivity contribution in [3.63, 3.8) is 0 Å². The van der Waals surface area contributed by atoms with Crippen LogP contribution in [-0.2, 0) is 0 Å². The number of hydrogen-bond donors (Lipinski definition) is 1. The zero-order valence-electron chi connectivity index (χ0n) is 16.6. The molecule has 0 unspecified atom stereocenters. The number of nitrogens with one attached hydrogen (secondary N) is 1. The largest absolute Gasteiger partial charge is 0.487 e. The normalized spacial score (nSPS) is 17.6. The molecule has 1 atom stereocenters. The van der Waals surface area contributed by atoms with Crippen LogP contribution in [-0.4, -0.2) is 54.2 Å². The summed E-state index contributed by atoms with van der Waals surface area (Å²) in [7, 11) is 3.46. The Morgan fingerprint density at radius 1 is 1.18 bits per heavy atom. The van der Waals surface area contributed by atoms with E-state index < -0.39 is 0 Å². The minimum Gasteiger partial charge on any atom is -0.487 e. The van der Waals surface area contributed by atoms with Crippen molar-refractivity contribution in [2.45, 2.75) is 37.8 Å². The Labute approximate surface area is 165 Å². The fraction of sp³-hybridized carbons (Fsp3) is 0.476. The minimum atomic E-state index is -0.102. The maximum atomic E-state index is 11.8. The van der Waals surface area contributed by atoms with Gasteiger partial charge in [-0.05, 0) is 48.9 Å². The van der Waals surface area contributed by atoms with Crippen LogP contribution in [0.3, 0.4) is 0 Å². The Morgan fingerprint density at radius 3 is 2.39 bits per heavy atom. The van der Waals surface area contributed by atoms with Crippen LogP contribution in [0.15, 0.2) is 36.7 Å². The van der Waals surface area contributed by atoms with E-state index in [1.165, 1.54) is 23.3 Å². The Kier molecular flexibility index (Phi) is 5.07. The Bertz CT molecular complexity index is 812. The molecule has 28 heavy (non-hydrogen) atoms. The Hall–Kier alpha value is -2.83. The van der Waals surface area contributed by atoms with E-state index in [9.17, 15) is 4.79 Å². The topological polar surface area (TPSA) is 70.6 Å². The van der Waals surface area contributed by atoms with Gasteiger partial charge in [0.2, 0.25) is 5.95 Å². The van der Waals surface area contributed by atoms with Crippen molar-refractivity contribution in [3.8, 4) is 5.75 Å². The average Bonchev–Trinajstić information content (AvgIpc) is 3.50. The van der Waals surface area contributed by atoms with Gasteiger partial charge >= 0.3 is 6.03 Å². The number of nitrogens with zero attached hydrogens (tertiary/aromatic N) is 4. The Morgan fingerprint density at radius 2 is 1.82 bits per heavy atom. The van der Waals surface area contributed by atoms with E-state index in [0.29, 0.717) is 5.92 Å². The van der Waals surface area contributed by atoms with Crippen LogP contribution in [0.5, 0.6) is 5.75 Å². The van der Waals surface area contributed by atoms with Crippen LogP contribution in [0, 0.1) is 0 Å². The Balaban J connectivity index is 1.26. The molecule has 1 saturated heterocycles. The van der Waals surface area contributed by atoms with E-state index in [0.717, 1.165) is 30.4 Å². The number of ether oxygens (including phenoxy) is 1. The van der Waals surface area contributed by atoms with Gasteiger partial charge in [-0.1, -0.05) is 12.1 Å². The lowest BCUT2D eigenvalue weighted by atomic mass is 10.1. The number of rotatable bonds is 6. The van der Waals surface area contributed by atoms with E-state index in [1.54, 1.807) is 14.1 Å². The van der Waals surface area contributed by atoms with Crippen molar-refractivity contribution in [2.24, 2.45) is 0 Å². The molecule has 0 bridgehead atoms. The third kappa shape index (κ3) is 4.18. The van der Waals surface area contributed by atoms with Gasteiger partial charge in [0.1, 0.15) is 11.9 Å². The van der Waals surface area contributed by atoms with Crippen molar-refractivity contribution in [1.29, 1.82) is 0 Å². The average molecular weight is 381 g/mol. The summed E-state index contributed by atoms with van der Waals surface area (Å²) in [6.45, 7) is 3.55. The molecule has 0 radical (unpaired) electrons. The van der Waals surface area contributed by atoms with Gasteiger partial charge in [0.25, 0.3) is 0 Å². The molecule has 1 aliphatic heterocycles. The SMILES string of the molecule is C[C@H](NC(=O)N(C)C)c1ccc(OC2CN(c3ncc(C4CC4)cn3)C2)cc1. The second-order valence-electron chi connectivity index (χ2n) is 7.87. The van der Waals surface area contributed by atoms with Gasteiger partial charge in [0.05, 0.1) is 19.1 Å². The summed E-state index contributed by atoms with van der Waals surface area (Å²) in [5.41, 5.74) is 2.30. The summed E-state index contributed by atoms with van der Waals surface area (Å²) in [6, 6.07) is 7.74. The van der Waals surface area contributed by atoms with Crippen molar-refractivity contribution < 1.29 is 9.53 Å². The van der Waals surface area contributed by atoms with Crippen LogP contribution in [0.4, 0.5) is 10.7 Å². The van der Waals surface area contributed by atoms with Gasteiger partial charge in [-0.2, -0.15) is 0 Å². The number of urea groups is 1. The monoisotopic (exact) mass is 381 g/mol. The van der Waals surface area contributed by atoms with Gasteiger partial charge in [0.15, 0.2) is 0 Å². The summed E-state index contributed by atoms with van der Waals surface area (Å²) >= 11 is 0. The lowest BCUT2D eigenvalue weighted by Gasteiger charge is -2.38. The highest BCUT2D eigenvalue weighted by Crippen LogP contribution is 2.39. The molecule has 148 valence electrons. The van der Waals surface area contributed by atoms with Gasteiger partial charge in [-0.3, -0.25) is 0 Å². The van der Waals surface area contributed by atoms with Crippen molar-refractivity contribution >= 4 is 12.0 Å². The number of hydrogen-bond acceptors (Lipinski definition) is 5. The smallest absolute Gasteiger partial charge is 0.317 e. The molecule has 7 heteroatoms. The summed E-state index contributed by atoms with van der Waals surface area (Å²) < 4.78 is 6.04. The summed E-state index contributed by atoms with van der Waals surface area (Å²) in [5.74, 6) is 2.30. The molecule has 1 aromatic carbocycles. The summed E-state index contributed by atoms with van der Waals surface area (Å²) in [6.07, 6.45) is 6.60. The van der Waals surface area contributed by atoms with Crippen LogP contribution in [0.25, 0.3) is 0 Å². The van der Waals surface area contributed by atoms with Gasteiger partial charge in [-0.25, -0.2) is 14.8 Å². The minimum absolute atomic E-state index is 0.0566. The molecule has 7 nitrogen and oxygen atoms in total. The molecule has 0 spiro atoms. The number of carbonyl (C=O) groups excluding carboxylic acids is 1. The van der Waals surface area contributed by atoms with Crippen LogP contribution >= 0.6 is 0 Å². The second-order valence-corrected chi connectivity index (χ2v) is 7.87. The van der Waals surface area contributed by atoms with Gasteiger partial charge < -0.3 is 19.9 Å². The van der Waals surface area contributed by atoms with Gasteiger partial charge in [0, 0.05) is 26.5 Å². The van der Waals surface area contributed by atoms with E-state index in [-0.39, 0.29) is 18.2 Å². The molecule has 4 rings (SSSR count). The lowest BCUT2D eigenvalue weighted by molar-refractivity contribution is 0.166. The molecule has 2 fully saturated rings. The molecular formula is C21H27N5O2. The fourth-order valence-corrected chi connectivity index (χ4v) is 3.22. The van der Waals surface area contributed by atoms with Crippen molar-refractivity contribution in [1.82, 2.24) is 20.2 Å². The standard InChI is InChI=1S/C21H27N5O2/c1-14(24-21(27)25(2)3)15-6-8-18(9-7-15)28-19-12-26(13-19)20-22-10-17(11-23-20)16-4-5-16/h6-11,14,16,19H,4-5,12-13H2,1-3H3,(H,24,27)/t14-/m0/s1. The number of amides is 2. The first-order valence-electron chi connectivity index (χ1n) is 9.81. The highest BCUT2D eigenvalue weighted by atomic mass is 16.5. The van der Waals surface area contributed by atoms with Gasteiger partial charge in [-0.15, -0.1) is 0 Å². The van der Waals surface area contributed by atoms with Crippen LogP contribution in [0.2, 0.25) is 0 Å². The summed E-state index contributed by atoms with van der Waals surface area (Å²) in [4.78, 5) is 24.4. The first-order chi connectivity index (χ1) is 13.5. The summed E-state index contributed by atoms with van der Waals surface area (Å²) in [5, 5.41) is 2.94. The molecule has 2 amide bonds. The third-order valence-electron chi connectivity index (χ3n) is 5.27. The highest BCUT2D eigenvalue weighted by Gasteiger charge is 2.31. The molecule has 2 aliphatic rings. The maximum Gasteiger partial charge on any atom is 0.317 e. The number of aromatic nitrogens is 2. The van der Waals surface area contributed by atoms with E-state index >= 15 is 0 Å². The number of benzene rings is 1. The van der Waals surface area contributed by atoms with Crippen LogP contribution < -0.4 is 15.0 Å². The zero-order valence-corrected chi connectivity index (χ0v) is 16.6. The molecule has 1 aliphatic carbocycles. The van der Waals surface area contributed by atoms with Crippen molar-refractivity contribution in [2.75, 3.05) is 32.1 Å². The lowest BCUT2D eigenvalue weighted by Crippen LogP contribution is -2.54. The fourth-order valence-electron chi connectivity index (χ4n) is 3.22. The zero-order chi connectivity index (χ0) is 19.7. The highest BCUT2D eigenvalue weighted by molar-refractivity contribution is 5.74. The molecule has 2 heterocycles. The molecular weight excluding hydrogens is 354 g/mol. The quantitative estimate of drug-likeness (QED) is 0.833. The first kappa shape index (κ1) is 18.5. The second kappa shape index (κ2) is 7.66. The predicted octanol–water partition coefficient (Wildman–Crippen LogP) is 2.95. The maximum absolute atomic E-state index is 11.8. The first-order valence-corrected chi connectivity index (χ1v) is 9.81. The van der Waals surface area contributed by atoms with E-state index in [4.69, 9.17) is 4.74 Å². The number of anilines is 1. The van der Waals surface area contributed by atoms with Crippen LogP contribution in [0.1, 0.15) is 42.9 Å². The predicted molar refractivity (Wildman–Crippen MR) is 108 cm³/mol. The van der Waals surface area contributed by atoms with Crippen molar-refractivity contribution in [3.05, 3.63) is 47.8 Å². The van der Waals surface area contributed by atoms with E-state index in [1.807, 2.05) is 43.6 Å². The number of carbonyl (C=O) groups is 1.